The Morgan fingerprint density at radius 2 is 1.73 bits per heavy atom. The van der Waals surface area contributed by atoms with E-state index in [1.54, 1.807) is 17.1 Å². The first kappa shape index (κ1) is 14.8. The van der Waals surface area contributed by atoms with E-state index in [4.69, 9.17) is 0 Å². The van der Waals surface area contributed by atoms with Gasteiger partial charge in [0, 0.05) is 6.20 Å². The minimum atomic E-state index is -0.115. The van der Waals surface area contributed by atoms with Crippen molar-refractivity contribution in [1.82, 2.24) is 23.9 Å². The van der Waals surface area contributed by atoms with Crippen LogP contribution in [0.1, 0.15) is 18.5 Å². The van der Waals surface area contributed by atoms with Crippen molar-refractivity contribution in [1.29, 1.82) is 0 Å². The summed E-state index contributed by atoms with van der Waals surface area (Å²) in [5.41, 5.74) is 3.24. The molecule has 0 aliphatic rings. The molecule has 0 unspecified atom stereocenters. The average molecular weight is 341 g/mol. The molecule has 0 saturated carbocycles. The van der Waals surface area contributed by atoms with Gasteiger partial charge in [-0.3, -0.25) is 13.8 Å². The first-order chi connectivity index (χ1) is 12.7. The maximum absolute atomic E-state index is 13.1. The second kappa shape index (κ2) is 5.49. The Bertz CT molecular complexity index is 1320. The zero-order valence-electron chi connectivity index (χ0n) is 14.1. The van der Waals surface area contributed by atoms with Gasteiger partial charge in [0.1, 0.15) is 11.7 Å². The highest BCUT2D eigenvalue weighted by Gasteiger charge is 2.15. The SMILES string of the molecule is C[C@H](c1ccccc1)n1cnc2c(cnc3nc4ccccc4n32)c1=O. The fraction of sp³-hybridized carbons (Fsp3) is 0.100. The third-order valence-electron chi connectivity index (χ3n) is 4.77. The maximum Gasteiger partial charge on any atom is 0.264 e. The summed E-state index contributed by atoms with van der Waals surface area (Å²) in [6.07, 6.45) is 3.18. The van der Waals surface area contributed by atoms with Crippen molar-refractivity contribution >= 4 is 27.8 Å². The Morgan fingerprint density at radius 3 is 2.58 bits per heavy atom. The molecule has 5 aromatic rings. The van der Waals surface area contributed by atoms with Crippen LogP contribution in [0.5, 0.6) is 0 Å². The highest BCUT2D eigenvalue weighted by atomic mass is 16.1. The van der Waals surface area contributed by atoms with Crippen LogP contribution >= 0.6 is 0 Å². The zero-order chi connectivity index (χ0) is 17.7. The monoisotopic (exact) mass is 341 g/mol. The molecule has 0 saturated heterocycles. The number of para-hydroxylation sites is 2. The van der Waals surface area contributed by atoms with Gasteiger partial charge >= 0.3 is 0 Å². The van der Waals surface area contributed by atoms with Crippen LogP contribution in [0.4, 0.5) is 0 Å². The summed E-state index contributed by atoms with van der Waals surface area (Å²) in [6.45, 7) is 1.99. The topological polar surface area (TPSA) is 65.1 Å². The molecule has 3 aromatic heterocycles. The van der Waals surface area contributed by atoms with Crippen molar-refractivity contribution < 1.29 is 0 Å². The lowest BCUT2D eigenvalue weighted by atomic mass is 10.1. The van der Waals surface area contributed by atoms with Gasteiger partial charge in [0.15, 0.2) is 5.65 Å². The van der Waals surface area contributed by atoms with E-state index in [-0.39, 0.29) is 11.6 Å². The van der Waals surface area contributed by atoms with Crippen LogP contribution in [-0.4, -0.2) is 23.9 Å². The van der Waals surface area contributed by atoms with E-state index in [2.05, 4.69) is 15.0 Å². The van der Waals surface area contributed by atoms with Gasteiger partial charge in [0.25, 0.3) is 5.56 Å². The average Bonchev–Trinajstić information content (AvgIpc) is 3.07. The Morgan fingerprint density at radius 1 is 0.962 bits per heavy atom. The number of fused-ring (bicyclic) bond motifs is 5. The molecule has 0 radical (unpaired) electrons. The molecule has 6 heteroatoms. The smallest absolute Gasteiger partial charge is 0.264 e. The largest absolute Gasteiger partial charge is 0.291 e. The number of benzene rings is 2. The van der Waals surface area contributed by atoms with Gasteiger partial charge in [-0.2, -0.15) is 0 Å². The third-order valence-corrected chi connectivity index (χ3v) is 4.77. The molecule has 0 N–H and O–H groups in total. The van der Waals surface area contributed by atoms with Gasteiger partial charge in [0.05, 0.1) is 17.1 Å². The normalized spacial score (nSPS) is 12.8. The van der Waals surface area contributed by atoms with Crippen molar-refractivity contribution in [3.63, 3.8) is 0 Å². The number of aromatic nitrogens is 5. The summed E-state index contributed by atoms with van der Waals surface area (Å²) in [4.78, 5) is 26.6. The number of nitrogens with zero attached hydrogens (tertiary/aromatic N) is 5. The fourth-order valence-electron chi connectivity index (χ4n) is 3.36. The second-order valence-electron chi connectivity index (χ2n) is 6.28. The summed E-state index contributed by atoms with van der Waals surface area (Å²) in [7, 11) is 0. The van der Waals surface area contributed by atoms with Gasteiger partial charge in [-0.05, 0) is 24.6 Å². The van der Waals surface area contributed by atoms with Crippen LogP contribution in [0.2, 0.25) is 0 Å². The molecule has 0 bridgehead atoms. The third kappa shape index (κ3) is 2.05. The van der Waals surface area contributed by atoms with Crippen LogP contribution in [0.3, 0.4) is 0 Å². The highest BCUT2D eigenvalue weighted by Crippen LogP contribution is 2.20. The van der Waals surface area contributed by atoms with Gasteiger partial charge in [-0.1, -0.05) is 42.5 Å². The van der Waals surface area contributed by atoms with Crippen molar-refractivity contribution in [2.75, 3.05) is 0 Å². The van der Waals surface area contributed by atoms with Crippen LogP contribution in [0.25, 0.3) is 27.8 Å². The molecule has 0 aliphatic carbocycles. The molecule has 0 spiro atoms. The van der Waals surface area contributed by atoms with E-state index < -0.39 is 0 Å². The first-order valence-electron chi connectivity index (χ1n) is 8.42. The number of rotatable bonds is 2. The standard InChI is InChI=1S/C20H15N5O/c1-13(14-7-3-2-4-8-14)24-12-22-18-15(19(24)26)11-21-20-23-16-9-5-6-10-17(16)25(18)20/h2-13H,1H3/t13-/m1/s1. The predicted octanol–water partition coefficient (Wildman–Crippen LogP) is 3.20. The van der Waals surface area contributed by atoms with Gasteiger partial charge in [0.2, 0.25) is 5.78 Å². The zero-order valence-corrected chi connectivity index (χ0v) is 14.1. The van der Waals surface area contributed by atoms with E-state index in [1.807, 2.05) is 65.9 Å². The van der Waals surface area contributed by atoms with Crippen LogP contribution in [0.15, 0.2) is 71.9 Å². The van der Waals surface area contributed by atoms with Crippen LogP contribution in [-0.2, 0) is 0 Å². The summed E-state index contributed by atoms with van der Waals surface area (Å²) in [5, 5.41) is 0.478. The van der Waals surface area contributed by atoms with Gasteiger partial charge in [-0.25, -0.2) is 15.0 Å². The number of hydrogen-bond donors (Lipinski definition) is 0. The molecular formula is C20H15N5O. The molecular weight excluding hydrogens is 326 g/mol. The Labute approximate surface area is 148 Å². The molecule has 0 amide bonds. The molecule has 126 valence electrons. The molecule has 6 nitrogen and oxygen atoms in total. The predicted molar refractivity (Wildman–Crippen MR) is 100 cm³/mol. The minimum absolute atomic E-state index is 0.112. The van der Waals surface area contributed by atoms with Gasteiger partial charge in [-0.15, -0.1) is 0 Å². The Hall–Kier alpha value is -3.54. The summed E-state index contributed by atoms with van der Waals surface area (Å²) < 4.78 is 3.48. The van der Waals surface area contributed by atoms with Crippen molar-refractivity contribution in [3.8, 4) is 0 Å². The lowest BCUT2D eigenvalue weighted by molar-refractivity contribution is 0.608. The van der Waals surface area contributed by atoms with E-state index in [1.165, 1.54) is 0 Å². The molecule has 1 atom stereocenters. The molecule has 0 fully saturated rings. The number of hydrogen-bond acceptors (Lipinski definition) is 4. The van der Waals surface area contributed by atoms with Crippen LogP contribution < -0.4 is 5.56 Å². The highest BCUT2D eigenvalue weighted by molar-refractivity contribution is 5.86. The van der Waals surface area contributed by atoms with E-state index in [0.717, 1.165) is 16.6 Å². The van der Waals surface area contributed by atoms with Crippen molar-refractivity contribution in [3.05, 3.63) is 83.0 Å². The lowest BCUT2D eigenvalue weighted by Gasteiger charge is -2.15. The van der Waals surface area contributed by atoms with Gasteiger partial charge < -0.3 is 0 Å². The molecule has 26 heavy (non-hydrogen) atoms. The van der Waals surface area contributed by atoms with E-state index in [0.29, 0.717) is 16.8 Å². The summed E-state index contributed by atoms with van der Waals surface area (Å²) in [5.74, 6) is 0.541. The first-order valence-corrected chi connectivity index (χ1v) is 8.42. The number of imidazole rings is 1. The van der Waals surface area contributed by atoms with E-state index >= 15 is 0 Å². The molecule has 2 aromatic carbocycles. The molecule has 0 aliphatic heterocycles. The molecule has 5 rings (SSSR count). The quantitative estimate of drug-likeness (QED) is 0.494. The maximum atomic E-state index is 13.1. The minimum Gasteiger partial charge on any atom is -0.291 e. The summed E-state index contributed by atoms with van der Waals surface area (Å²) >= 11 is 0. The van der Waals surface area contributed by atoms with Crippen molar-refractivity contribution in [2.24, 2.45) is 0 Å². The lowest BCUT2D eigenvalue weighted by Crippen LogP contribution is -2.25. The van der Waals surface area contributed by atoms with Crippen molar-refractivity contribution in [2.45, 2.75) is 13.0 Å². The fourth-order valence-corrected chi connectivity index (χ4v) is 3.36. The summed E-state index contributed by atoms with van der Waals surface area (Å²) in [6, 6.07) is 17.5. The second-order valence-corrected chi connectivity index (χ2v) is 6.28. The van der Waals surface area contributed by atoms with E-state index in [9.17, 15) is 4.79 Å². The molecule has 3 heterocycles. The Kier molecular flexibility index (Phi) is 3.12. The van der Waals surface area contributed by atoms with Crippen LogP contribution in [0, 0.1) is 0 Å². The Balaban J connectivity index is 1.80.